The van der Waals surface area contributed by atoms with Crippen LogP contribution in [0.4, 0.5) is 0 Å². The second-order valence-corrected chi connectivity index (χ2v) is 5.36. The lowest BCUT2D eigenvalue weighted by molar-refractivity contribution is 0.120. The van der Waals surface area contributed by atoms with Crippen LogP contribution in [0.15, 0.2) is 30.3 Å². The maximum absolute atomic E-state index is 10.0. The van der Waals surface area contributed by atoms with Crippen LogP contribution >= 0.6 is 0 Å². The fourth-order valence-electron chi connectivity index (χ4n) is 2.75. The first kappa shape index (κ1) is 13.6. The molecule has 0 aromatic heterocycles. The van der Waals surface area contributed by atoms with E-state index in [0.717, 1.165) is 32.2 Å². The third-order valence-corrected chi connectivity index (χ3v) is 3.87. The van der Waals surface area contributed by atoms with Gasteiger partial charge in [0.25, 0.3) is 0 Å². The predicted octanol–water partition coefficient (Wildman–Crippen LogP) is 2.90. The summed E-state index contributed by atoms with van der Waals surface area (Å²) in [6, 6.07) is 10.9. The topological polar surface area (TPSA) is 32.3 Å². The lowest BCUT2D eigenvalue weighted by Crippen LogP contribution is -2.39. The second-order valence-electron chi connectivity index (χ2n) is 5.36. The molecule has 18 heavy (non-hydrogen) atoms. The summed E-state index contributed by atoms with van der Waals surface area (Å²) in [5.41, 5.74) is 1.40. The Morgan fingerprint density at radius 3 is 2.67 bits per heavy atom. The van der Waals surface area contributed by atoms with Gasteiger partial charge in [-0.3, -0.25) is 0 Å². The van der Waals surface area contributed by atoms with E-state index in [-0.39, 0.29) is 6.10 Å². The highest BCUT2D eigenvalue weighted by Gasteiger charge is 2.20. The van der Waals surface area contributed by atoms with E-state index >= 15 is 0 Å². The summed E-state index contributed by atoms with van der Waals surface area (Å²) in [6.45, 7) is 1.01. The van der Waals surface area contributed by atoms with E-state index in [1.807, 2.05) is 0 Å². The van der Waals surface area contributed by atoms with Gasteiger partial charge in [-0.2, -0.15) is 0 Å². The molecule has 1 aromatic carbocycles. The Bertz CT molecular complexity index is 325. The van der Waals surface area contributed by atoms with Gasteiger partial charge in [0, 0.05) is 6.04 Å². The zero-order valence-electron chi connectivity index (χ0n) is 11.1. The first-order chi connectivity index (χ1) is 8.86. The van der Waals surface area contributed by atoms with Gasteiger partial charge in [-0.1, -0.05) is 49.6 Å². The molecule has 1 saturated carbocycles. The van der Waals surface area contributed by atoms with Crippen LogP contribution < -0.4 is 5.32 Å². The van der Waals surface area contributed by atoms with Crippen molar-refractivity contribution in [1.82, 2.24) is 5.32 Å². The van der Waals surface area contributed by atoms with Crippen LogP contribution in [0.25, 0.3) is 0 Å². The molecule has 1 aliphatic rings. The Labute approximate surface area is 110 Å². The van der Waals surface area contributed by atoms with Crippen molar-refractivity contribution in [1.29, 1.82) is 0 Å². The normalized spacial score (nSPS) is 24.7. The van der Waals surface area contributed by atoms with E-state index in [9.17, 15) is 5.11 Å². The molecule has 0 spiro atoms. The van der Waals surface area contributed by atoms with Crippen molar-refractivity contribution >= 4 is 0 Å². The minimum Gasteiger partial charge on any atom is -0.392 e. The molecule has 100 valence electrons. The molecule has 2 nitrogen and oxygen atoms in total. The van der Waals surface area contributed by atoms with E-state index in [0.29, 0.717) is 6.04 Å². The highest BCUT2D eigenvalue weighted by molar-refractivity contribution is 5.14. The van der Waals surface area contributed by atoms with Crippen LogP contribution in [0.3, 0.4) is 0 Å². The molecule has 0 radical (unpaired) electrons. The summed E-state index contributed by atoms with van der Waals surface area (Å²) in [5.74, 6) is 0. The number of aliphatic hydroxyl groups is 1. The summed E-state index contributed by atoms with van der Waals surface area (Å²) in [6.07, 6.45) is 7.95. The van der Waals surface area contributed by atoms with E-state index in [1.54, 1.807) is 0 Å². The molecule has 0 heterocycles. The van der Waals surface area contributed by atoms with Crippen LogP contribution in [-0.4, -0.2) is 23.8 Å². The summed E-state index contributed by atoms with van der Waals surface area (Å²) in [5, 5.41) is 13.5. The fraction of sp³-hybridized carbons (Fsp3) is 0.625. The lowest BCUT2D eigenvalue weighted by atomic mass is 10.1. The van der Waals surface area contributed by atoms with Gasteiger partial charge in [0.1, 0.15) is 0 Å². The molecule has 1 aromatic rings. The van der Waals surface area contributed by atoms with Crippen molar-refractivity contribution in [3.8, 4) is 0 Å². The molecule has 0 saturated heterocycles. The van der Waals surface area contributed by atoms with E-state index in [2.05, 4.69) is 35.6 Å². The number of aliphatic hydroxyl groups excluding tert-OH is 1. The molecule has 2 unspecified atom stereocenters. The molecule has 1 fully saturated rings. The minimum absolute atomic E-state index is 0.135. The Balaban J connectivity index is 1.65. The maximum atomic E-state index is 10.0. The van der Waals surface area contributed by atoms with Gasteiger partial charge in [-0.15, -0.1) is 0 Å². The lowest BCUT2D eigenvalue weighted by Gasteiger charge is -2.21. The highest BCUT2D eigenvalue weighted by atomic mass is 16.3. The molecular weight excluding hydrogens is 222 g/mol. The summed E-state index contributed by atoms with van der Waals surface area (Å²) in [7, 11) is 0. The highest BCUT2D eigenvalue weighted by Crippen LogP contribution is 2.18. The van der Waals surface area contributed by atoms with Gasteiger partial charge in [0.05, 0.1) is 6.10 Å². The Hall–Kier alpha value is -0.860. The van der Waals surface area contributed by atoms with Crippen molar-refractivity contribution in [3.63, 3.8) is 0 Å². The van der Waals surface area contributed by atoms with E-state index < -0.39 is 0 Å². The van der Waals surface area contributed by atoms with Gasteiger partial charge >= 0.3 is 0 Å². The maximum Gasteiger partial charge on any atom is 0.0693 e. The van der Waals surface area contributed by atoms with Gasteiger partial charge in [0.15, 0.2) is 0 Å². The van der Waals surface area contributed by atoms with Crippen LogP contribution in [0.1, 0.15) is 44.1 Å². The summed E-state index contributed by atoms with van der Waals surface area (Å²) < 4.78 is 0. The summed E-state index contributed by atoms with van der Waals surface area (Å²) in [4.78, 5) is 0. The number of hydrogen-bond donors (Lipinski definition) is 2. The number of rotatable bonds is 5. The third-order valence-electron chi connectivity index (χ3n) is 3.87. The van der Waals surface area contributed by atoms with Gasteiger partial charge < -0.3 is 10.4 Å². The van der Waals surface area contributed by atoms with E-state index in [4.69, 9.17) is 0 Å². The molecule has 2 N–H and O–H groups in total. The third kappa shape index (κ3) is 4.43. The Kier molecular flexibility index (Phi) is 5.69. The SMILES string of the molecule is OC1CCCCCC1NCCCc1ccccc1. The predicted molar refractivity (Wildman–Crippen MR) is 75.6 cm³/mol. The van der Waals surface area contributed by atoms with Gasteiger partial charge in [0.2, 0.25) is 0 Å². The van der Waals surface area contributed by atoms with Gasteiger partial charge in [-0.05, 0) is 37.8 Å². The Morgan fingerprint density at radius 2 is 1.83 bits per heavy atom. The quantitative estimate of drug-likeness (QED) is 0.619. The van der Waals surface area contributed by atoms with Gasteiger partial charge in [-0.25, -0.2) is 0 Å². The zero-order chi connectivity index (χ0) is 12.6. The molecule has 0 bridgehead atoms. The minimum atomic E-state index is -0.135. The molecule has 0 amide bonds. The number of hydrogen-bond acceptors (Lipinski definition) is 2. The average molecular weight is 247 g/mol. The largest absolute Gasteiger partial charge is 0.392 e. The van der Waals surface area contributed by atoms with Crippen LogP contribution in [0.5, 0.6) is 0 Å². The number of nitrogens with one attached hydrogen (secondary N) is 1. The van der Waals surface area contributed by atoms with Crippen LogP contribution in [0.2, 0.25) is 0 Å². The molecule has 2 atom stereocenters. The standard InChI is InChI=1S/C16H25NO/c18-16-12-6-2-5-11-15(16)17-13-7-10-14-8-3-1-4-9-14/h1,3-4,8-9,15-18H,2,5-7,10-13H2. The molecule has 2 rings (SSSR count). The van der Waals surface area contributed by atoms with Crippen molar-refractivity contribution < 1.29 is 5.11 Å². The number of aryl methyl sites for hydroxylation is 1. The van der Waals surface area contributed by atoms with Crippen LogP contribution in [0, 0.1) is 0 Å². The molecule has 0 aliphatic heterocycles. The monoisotopic (exact) mass is 247 g/mol. The summed E-state index contributed by atoms with van der Waals surface area (Å²) >= 11 is 0. The average Bonchev–Trinajstić information content (AvgIpc) is 2.61. The fourth-order valence-corrected chi connectivity index (χ4v) is 2.75. The van der Waals surface area contributed by atoms with Crippen LogP contribution in [-0.2, 0) is 6.42 Å². The van der Waals surface area contributed by atoms with Crippen molar-refractivity contribution in [2.45, 2.75) is 57.1 Å². The van der Waals surface area contributed by atoms with E-state index in [1.165, 1.54) is 24.8 Å². The first-order valence-corrected chi connectivity index (χ1v) is 7.31. The smallest absolute Gasteiger partial charge is 0.0693 e. The molecule has 2 heteroatoms. The van der Waals surface area contributed by atoms with Crippen molar-refractivity contribution in [2.75, 3.05) is 6.54 Å². The second kappa shape index (κ2) is 7.55. The number of benzene rings is 1. The molecular formula is C16H25NO. The molecule has 1 aliphatic carbocycles. The zero-order valence-corrected chi connectivity index (χ0v) is 11.1. The Morgan fingerprint density at radius 1 is 1.06 bits per heavy atom. The van der Waals surface area contributed by atoms with Crippen molar-refractivity contribution in [2.24, 2.45) is 0 Å². The van der Waals surface area contributed by atoms with Crippen molar-refractivity contribution in [3.05, 3.63) is 35.9 Å². The first-order valence-electron chi connectivity index (χ1n) is 7.31.